The van der Waals surface area contributed by atoms with Crippen LogP contribution in [-0.2, 0) is 11.2 Å². The molecular formula is C23H24N4O. The van der Waals surface area contributed by atoms with Crippen LogP contribution in [0.2, 0.25) is 0 Å². The Morgan fingerprint density at radius 2 is 1.79 bits per heavy atom. The number of para-hydroxylation sites is 3. The van der Waals surface area contributed by atoms with Gasteiger partial charge >= 0.3 is 0 Å². The number of piperidine rings is 1. The molecule has 0 aliphatic carbocycles. The molecule has 0 bridgehead atoms. The van der Waals surface area contributed by atoms with Gasteiger partial charge in [0.15, 0.2) is 0 Å². The first-order valence-electron chi connectivity index (χ1n) is 10.1. The maximum atomic E-state index is 12.7. The largest absolute Gasteiger partial charge is 0.361 e. The molecule has 4 aromatic rings. The zero-order valence-electron chi connectivity index (χ0n) is 15.8. The molecule has 1 aliphatic heterocycles. The molecule has 5 nitrogen and oxygen atoms in total. The first-order valence-corrected chi connectivity index (χ1v) is 10.1. The first kappa shape index (κ1) is 17.0. The SMILES string of the molecule is O=C(CCc1nc2ccccc2[nH]1)N1CCC(c2c[nH]c3ccccc23)CC1. The lowest BCUT2D eigenvalue weighted by Crippen LogP contribution is -2.38. The van der Waals surface area contributed by atoms with Crippen LogP contribution in [0.25, 0.3) is 21.9 Å². The van der Waals surface area contributed by atoms with Gasteiger partial charge < -0.3 is 14.9 Å². The monoisotopic (exact) mass is 372 g/mol. The van der Waals surface area contributed by atoms with Gasteiger partial charge in [0.05, 0.1) is 11.0 Å². The van der Waals surface area contributed by atoms with Gasteiger partial charge in [-0.2, -0.15) is 0 Å². The standard InChI is InChI=1S/C23H24N4O/c28-23(10-9-22-25-20-7-3-4-8-21(20)26-22)27-13-11-16(12-14-27)18-15-24-19-6-2-1-5-17(18)19/h1-8,15-16,24H,9-14H2,(H,25,26). The number of aryl methyl sites for hydroxylation is 1. The van der Waals surface area contributed by atoms with Crippen LogP contribution in [0.15, 0.2) is 54.7 Å². The van der Waals surface area contributed by atoms with Gasteiger partial charge in [-0.25, -0.2) is 4.98 Å². The van der Waals surface area contributed by atoms with Gasteiger partial charge in [0.2, 0.25) is 5.91 Å². The summed E-state index contributed by atoms with van der Waals surface area (Å²) in [6.07, 6.45) is 5.37. The van der Waals surface area contributed by atoms with E-state index in [0.717, 1.165) is 42.8 Å². The lowest BCUT2D eigenvalue weighted by atomic mass is 9.89. The molecule has 0 atom stereocenters. The summed E-state index contributed by atoms with van der Waals surface area (Å²) in [5, 5.41) is 1.32. The van der Waals surface area contributed by atoms with Crippen molar-refractivity contribution in [2.75, 3.05) is 13.1 Å². The molecule has 0 spiro atoms. The Hall–Kier alpha value is -3.08. The molecule has 0 unspecified atom stereocenters. The van der Waals surface area contributed by atoms with Crippen molar-refractivity contribution in [1.29, 1.82) is 0 Å². The van der Waals surface area contributed by atoms with Gasteiger partial charge in [-0.1, -0.05) is 30.3 Å². The molecule has 2 aromatic heterocycles. The highest BCUT2D eigenvalue weighted by molar-refractivity contribution is 5.83. The molecule has 0 radical (unpaired) electrons. The van der Waals surface area contributed by atoms with Gasteiger partial charge in [0.25, 0.3) is 0 Å². The van der Waals surface area contributed by atoms with Crippen LogP contribution in [0.5, 0.6) is 0 Å². The number of aromatic amines is 2. The Kier molecular flexibility index (Phi) is 4.35. The van der Waals surface area contributed by atoms with E-state index in [0.29, 0.717) is 18.8 Å². The number of fused-ring (bicyclic) bond motifs is 2. The highest BCUT2D eigenvalue weighted by atomic mass is 16.2. The number of nitrogens with zero attached hydrogens (tertiary/aromatic N) is 2. The second-order valence-corrected chi connectivity index (χ2v) is 7.65. The molecule has 3 heterocycles. The third-order valence-electron chi connectivity index (χ3n) is 5.92. The summed E-state index contributed by atoms with van der Waals surface area (Å²) in [6, 6.07) is 16.4. The van der Waals surface area contributed by atoms with E-state index in [2.05, 4.69) is 45.4 Å². The number of rotatable bonds is 4. The van der Waals surface area contributed by atoms with Crippen molar-refractivity contribution in [2.45, 2.75) is 31.6 Å². The normalized spacial score (nSPS) is 15.5. The van der Waals surface area contributed by atoms with E-state index < -0.39 is 0 Å². The van der Waals surface area contributed by atoms with E-state index >= 15 is 0 Å². The number of nitrogens with one attached hydrogen (secondary N) is 2. The highest BCUT2D eigenvalue weighted by Gasteiger charge is 2.25. The fourth-order valence-corrected chi connectivity index (χ4v) is 4.38. The number of H-pyrrole nitrogens is 2. The van der Waals surface area contributed by atoms with Crippen molar-refractivity contribution < 1.29 is 4.79 Å². The van der Waals surface area contributed by atoms with Gasteiger partial charge in [0.1, 0.15) is 5.82 Å². The summed E-state index contributed by atoms with van der Waals surface area (Å²) < 4.78 is 0. The second-order valence-electron chi connectivity index (χ2n) is 7.65. The zero-order valence-corrected chi connectivity index (χ0v) is 15.8. The molecule has 1 amide bonds. The maximum Gasteiger partial charge on any atom is 0.223 e. The van der Waals surface area contributed by atoms with E-state index in [1.54, 1.807) is 0 Å². The van der Waals surface area contributed by atoms with Crippen LogP contribution >= 0.6 is 0 Å². The summed E-state index contributed by atoms with van der Waals surface area (Å²) >= 11 is 0. The molecule has 2 aromatic carbocycles. The third kappa shape index (κ3) is 3.17. The molecular weight excluding hydrogens is 348 g/mol. The number of likely N-dealkylation sites (tertiary alicyclic amines) is 1. The average molecular weight is 372 g/mol. The van der Waals surface area contributed by atoms with Crippen LogP contribution in [0, 0.1) is 0 Å². The fraction of sp³-hybridized carbons (Fsp3) is 0.304. The fourth-order valence-electron chi connectivity index (χ4n) is 4.38. The summed E-state index contributed by atoms with van der Waals surface area (Å²) in [6.45, 7) is 1.67. The number of benzene rings is 2. The lowest BCUT2D eigenvalue weighted by molar-refractivity contribution is -0.132. The van der Waals surface area contributed by atoms with E-state index in [1.807, 2.05) is 29.2 Å². The Bertz CT molecular complexity index is 1080. The van der Waals surface area contributed by atoms with E-state index in [1.165, 1.54) is 16.5 Å². The van der Waals surface area contributed by atoms with Crippen LogP contribution in [-0.4, -0.2) is 38.8 Å². The zero-order chi connectivity index (χ0) is 18.9. The van der Waals surface area contributed by atoms with Crippen molar-refractivity contribution in [3.05, 3.63) is 66.1 Å². The Morgan fingerprint density at radius 3 is 2.61 bits per heavy atom. The molecule has 5 heteroatoms. The minimum absolute atomic E-state index is 0.234. The molecule has 0 saturated carbocycles. The topological polar surface area (TPSA) is 64.8 Å². The van der Waals surface area contributed by atoms with E-state index in [-0.39, 0.29) is 5.91 Å². The number of amides is 1. The van der Waals surface area contributed by atoms with Crippen LogP contribution < -0.4 is 0 Å². The lowest BCUT2D eigenvalue weighted by Gasteiger charge is -2.32. The number of hydrogen-bond acceptors (Lipinski definition) is 2. The van der Waals surface area contributed by atoms with Gasteiger partial charge in [-0.15, -0.1) is 0 Å². The summed E-state index contributed by atoms with van der Waals surface area (Å²) in [5.74, 6) is 1.65. The third-order valence-corrected chi connectivity index (χ3v) is 5.92. The Labute approximate surface area is 163 Å². The molecule has 28 heavy (non-hydrogen) atoms. The summed E-state index contributed by atoms with van der Waals surface area (Å²) in [5.41, 5.74) is 4.58. The first-order chi connectivity index (χ1) is 13.8. The minimum Gasteiger partial charge on any atom is -0.361 e. The Morgan fingerprint density at radius 1 is 1.04 bits per heavy atom. The minimum atomic E-state index is 0.234. The van der Waals surface area contributed by atoms with Crippen LogP contribution in [0.1, 0.15) is 36.6 Å². The molecule has 1 saturated heterocycles. The number of aromatic nitrogens is 3. The van der Waals surface area contributed by atoms with Gasteiger partial charge in [-0.05, 0) is 42.5 Å². The average Bonchev–Trinajstić information content (AvgIpc) is 3.36. The van der Waals surface area contributed by atoms with Crippen molar-refractivity contribution in [3.63, 3.8) is 0 Å². The summed E-state index contributed by atoms with van der Waals surface area (Å²) in [7, 11) is 0. The quantitative estimate of drug-likeness (QED) is 0.558. The highest BCUT2D eigenvalue weighted by Crippen LogP contribution is 2.33. The maximum absolute atomic E-state index is 12.7. The van der Waals surface area contributed by atoms with Crippen molar-refractivity contribution in [1.82, 2.24) is 19.9 Å². The number of imidazole rings is 1. The Balaban J connectivity index is 1.19. The smallest absolute Gasteiger partial charge is 0.223 e. The van der Waals surface area contributed by atoms with Crippen molar-refractivity contribution >= 4 is 27.8 Å². The number of hydrogen-bond donors (Lipinski definition) is 2. The molecule has 5 rings (SSSR count). The molecule has 142 valence electrons. The predicted octanol–water partition coefficient (Wildman–Crippen LogP) is 4.38. The van der Waals surface area contributed by atoms with Gasteiger partial charge in [-0.3, -0.25) is 4.79 Å². The van der Waals surface area contributed by atoms with E-state index in [4.69, 9.17) is 0 Å². The van der Waals surface area contributed by atoms with Crippen molar-refractivity contribution in [2.24, 2.45) is 0 Å². The second kappa shape index (κ2) is 7.15. The van der Waals surface area contributed by atoms with Crippen LogP contribution in [0.4, 0.5) is 0 Å². The summed E-state index contributed by atoms with van der Waals surface area (Å²) in [4.78, 5) is 26.0. The van der Waals surface area contributed by atoms with Crippen LogP contribution in [0.3, 0.4) is 0 Å². The van der Waals surface area contributed by atoms with Crippen molar-refractivity contribution in [3.8, 4) is 0 Å². The molecule has 2 N–H and O–H groups in total. The van der Waals surface area contributed by atoms with E-state index in [9.17, 15) is 4.79 Å². The number of carbonyl (C=O) groups is 1. The molecule has 1 aliphatic rings. The number of carbonyl (C=O) groups excluding carboxylic acids is 1. The predicted molar refractivity (Wildman–Crippen MR) is 111 cm³/mol. The molecule has 1 fully saturated rings. The van der Waals surface area contributed by atoms with Gasteiger partial charge in [0, 0.05) is 43.0 Å².